The second-order valence-corrected chi connectivity index (χ2v) is 6.52. The van der Waals surface area contributed by atoms with Gasteiger partial charge in [0.1, 0.15) is 6.33 Å². The van der Waals surface area contributed by atoms with Crippen molar-refractivity contribution in [3.8, 4) is 11.5 Å². The van der Waals surface area contributed by atoms with Crippen LogP contribution in [0.15, 0.2) is 24.5 Å². The van der Waals surface area contributed by atoms with Crippen LogP contribution in [0.2, 0.25) is 0 Å². The smallest absolute Gasteiger partial charge is 0.409 e. The van der Waals surface area contributed by atoms with Crippen LogP contribution in [0.1, 0.15) is 6.92 Å². The SMILES string of the molecule is CCOC(=O)N1CCN(c2ncnc(Nc3ccc4c(c3)OCO4)c2[N+](=O)[O-])CC1. The Kier molecular flexibility index (Phi) is 5.37. The molecule has 1 aromatic heterocycles. The third-order valence-electron chi connectivity index (χ3n) is 4.73. The Morgan fingerprint density at radius 3 is 2.73 bits per heavy atom. The van der Waals surface area contributed by atoms with E-state index in [1.54, 1.807) is 34.9 Å². The zero-order chi connectivity index (χ0) is 21.1. The van der Waals surface area contributed by atoms with Crippen molar-refractivity contribution in [1.82, 2.24) is 14.9 Å². The van der Waals surface area contributed by atoms with Crippen molar-refractivity contribution in [1.29, 1.82) is 0 Å². The molecular weight excluding hydrogens is 396 g/mol. The maximum Gasteiger partial charge on any atom is 0.409 e. The Labute approximate surface area is 171 Å². The number of carbonyl (C=O) groups excluding carboxylic acids is 1. The van der Waals surface area contributed by atoms with E-state index in [0.717, 1.165) is 0 Å². The summed E-state index contributed by atoms with van der Waals surface area (Å²) in [6.45, 7) is 3.71. The molecule has 1 N–H and O–H groups in total. The van der Waals surface area contributed by atoms with E-state index in [9.17, 15) is 14.9 Å². The highest BCUT2D eigenvalue weighted by molar-refractivity contribution is 5.75. The maximum atomic E-state index is 11.9. The van der Waals surface area contributed by atoms with Gasteiger partial charge in [-0.3, -0.25) is 10.1 Å². The molecule has 0 saturated carbocycles. The lowest BCUT2D eigenvalue weighted by Crippen LogP contribution is -2.49. The summed E-state index contributed by atoms with van der Waals surface area (Å²) >= 11 is 0. The van der Waals surface area contributed by atoms with Crippen LogP contribution in [-0.4, -0.2) is 65.5 Å². The van der Waals surface area contributed by atoms with Crippen LogP contribution >= 0.6 is 0 Å². The number of hydrogen-bond donors (Lipinski definition) is 1. The highest BCUT2D eigenvalue weighted by Gasteiger charge is 2.31. The Bertz CT molecular complexity index is 962. The molecule has 4 rings (SSSR count). The molecule has 0 radical (unpaired) electrons. The van der Waals surface area contributed by atoms with Crippen LogP contribution in [-0.2, 0) is 4.74 Å². The molecular formula is C18H20N6O6. The second-order valence-electron chi connectivity index (χ2n) is 6.52. The molecule has 2 aliphatic rings. The molecule has 0 bridgehead atoms. The first-order valence-electron chi connectivity index (χ1n) is 9.39. The minimum atomic E-state index is -0.512. The molecule has 30 heavy (non-hydrogen) atoms. The van der Waals surface area contributed by atoms with Crippen molar-refractivity contribution in [2.45, 2.75) is 6.92 Å². The first-order valence-corrected chi connectivity index (χ1v) is 9.39. The number of benzene rings is 1. The van der Waals surface area contributed by atoms with Crippen molar-refractivity contribution in [2.75, 3.05) is 49.8 Å². The van der Waals surface area contributed by atoms with Crippen molar-refractivity contribution in [2.24, 2.45) is 0 Å². The molecule has 0 atom stereocenters. The largest absolute Gasteiger partial charge is 0.454 e. The molecule has 0 aliphatic carbocycles. The number of hydrogen-bond acceptors (Lipinski definition) is 10. The van der Waals surface area contributed by atoms with Gasteiger partial charge >= 0.3 is 11.8 Å². The summed E-state index contributed by atoms with van der Waals surface area (Å²) < 4.78 is 15.6. The lowest BCUT2D eigenvalue weighted by Gasteiger charge is -2.34. The number of ether oxygens (including phenoxy) is 3. The Hall–Kier alpha value is -3.83. The number of nitrogens with zero attached hydrogens (tertiary/aromatic N) is 5. The minimum absolute atomic E-state index is 0.0664. The molecule has 1 fully saturated rings. The van der Waals surface area contributed by atoms with Gasteiger partial charge in [-0.15, -0.1) is 0 Å². The van der Waals surface area contributed by atoms with E-state index in [0.29, 0.717) is 50.0 Å². The van der Waals surface area contributed by atoms with Gasteiger partial charge in [0, 0.05) is 37.9 Å². The summed E-state index contributed by atoms with van der Waals surface area (Å²) in [6.07, 6.45) is 0.884. The van der Waals surface area contributed by atoms with Crippen LogP contribution in [0.3, 0.4) is 0 Å². The molecule has 0 unspecified atom stereocenters. The molecule has 1 amide bonds. The predicted octanol–water partition coefficient (Wildman–Crippen LogP) is 2.14. The monoisotopic (exact) mass is 416 g/mol. The Morgan fingerprint density at radius 2 is 2.00 bits per heavy atom. The van der Waals surface area contributed by atoms with E-state index < -0.39 is 4.92 Å². The van der Waals surface area contributed by atoms with Gasteiger partial charge in [-0.2, -0.15) is 0 Å². The van der Waals surface area contributed by atoms with Crippen molar-refractivity contribution < 1.29 is 23.9 Å². The summed E-state index contributed by atoms with van der Waals surface area (Å²) in [5.41, 5.74) is 0.332. The molecule has 1 aromatic carbocycles. The average Bonchev–Trinajstić information content (AvgIpc) is 3.21. The fourth-order valence-corrected chi connectivity index (χ4v) is 3.29. The number of fused-ring (bicyclic) bond motifs is 1. The van der Waals surface area contributed by atoms with Gasteiger partial charge in [-0.05, 0) is 19.1 Å². The van der Waals surface area contributed by atoms with E-state index in [4.69, 9.17) is 14.2 Å². The number of rotatable bonds is 5. The summed E-state index contributed by atoms with van der Waals surface area (Å²) in [6, 6.07) is 5.12. The number of amides is 1. The molecule has 3 heterocycles. The lowest BCUT2D eigenvalue weighted by atomic mass is 10.2. The summed E-state index contributed by atoms with van der Waals surface area (Å²) in [4.78, 5) is 34.8. The van der Waals surface area contributed by atoms with Crippen LogP contribution in [0.4, 0.5) is 27.8 Å². The fourth-order valence-electron chi connectivity index (χ4n) is 3.29. The van der Waals surface area contributed by atoms with Gasteiger partial charge in [0.25, 0.3) is 0 Å². The lowest BCUT2D eigenvalue weighted by molar-refractivity contribution is -0.383. The average molecular weight is 416 g/mol. The zero-order valence-electron chi connectivity index (χ0n) is 16.2. The van der Waals surface area contributed by atoms with E-state index in [2.05, 4.69) is 15.3 Å². The molecule has 2 aromatic rings. The van der Waals surface area contributed by atoms with Crippen LogP contribution in [0, 0.1) is 10.1 Å². The zero-order valence-corrected chi connectivity index (χ0v) is 16.2. The van der Waals surface area contributed by atoms with Gasteiger partial charge < -0.3 is 29.3 Å². The van der Waals surface area contributed by atoms with Gasteiger partial charge in [0.05, 0.1) is 11.5 Å². The summed E-state index contributed by atoms with van der Waals surface area (Å²) in [5.74, 6) is 1.42. The molecule has 0 spiro atoms. The van der Waals surface area contributed by atoms with Crippen LogP contribution in [0.5, 0.6) is 11.5 Å². The van der Waals surface area contributed by atoms with E-state index in [1.807, 2.05) is 0 Å². The van der Waals surface area contributed by atoms with Gasteiger partial charge in [-0.25, -0.2) is 14.8 Å². The third-order valence-corrected chi connectivity index (χ3v) is 4.73. The second kappa shape index (κ2) is 8.27. The Morgan fingerprint density at radius 1 is 1.23 bits per heavy atom. The normalized spacial score (nSPS) is 15.1. The van der Waals surface area contributed by atoms with E-state index in [1.165, 1.54) is 6.33 Å². The van der Waals surface area contributed by atoms with Crippen molar-refractivity contribution in [3.63, 3.8) is 0 Å². The van der Waals surface area contributed by atoms with Gasteiger partial charge in [0.15, 0.2) is 11.5 Å². The van der Waals surface area contributed by atoms with Crippen molar-refractivity contribution in [3.05, 3.63) is 34.6 Å². The first kappa shape index (κ1) is 19.5. The number of nitrogens with one attached hydrogen (secondary N) is 1. The number of nitro groups is 1. The quantitative estimate of drug-likeness (QED) is 0.571. The number of piperazine rings is 1. The molecule has 12 nitrogen and oxygen atoms in total. The van der Waals surface area contributed by atoms with E-state index in [-0.39, 0.29) is 30.2 Å². The van der Waals surface area contributed by atoms with Gasteiger partial charge in [0.2, 0.25) is 18.4 Å². The topological polar surface area (TPSA) is 132 Å². The molecule has 158 valence electrons. The molecule has 2 aliphatic heterocycles. The summed E-state index contributed by atoms with van der Waals surface area (Å²) in [5, 5.41) is 14.8. The standard InChI is InChI=1S/C18H20N6O6/c1-2-28-18(25)23-7-5-22(6-8-23)17-15(24(26)27)16(19-10-20-17)21-12-3-4-13-14(9-12)30-11-29-13/h3-4,9-10H,2,5-8,11H2,1H3,(H,19,20,21). The van der Waals surface area contributed by atoms with E-state index >= 15 is 0 Å². The first-order chi connectivity index (χ1) is 14.6. The van der Waals surface area contributed by atoms with Gasteiger partial charge in [-0.1, -0.05) is 0 Å². The number of carbonyl (C=O) groups is 1. The number of anilines is 3. The fraction of sp³-hybridized carbons (Fsp3) is 0.389. The maximum absolute atomic E-state index is 11.9. The van der Waals surface area contributed by atoms with Crippen LogP contribution in [0.25, 0.3) is 0 Å². The molecule has 12 heteroatoms. The minimum Gasteiger partial charge on any atom is -0.454 e. The molecule has 1 saturated heterocycles. The predicted molar refractivity (Wildman–Crippen MR) is 105 cm³/mol. The summed E-state index contributed by atoms with van der Waals surface area (Å²) in [7, 11) is 0. The van der Waals surface area contributed by atoms with Crippen molar-refractivity contribution >= 4 is 29.1 Å². The third kappa shape index (κ3) is 3.83. The number of aromatic nitrogens is 2. The Balaban J connectivity index is 1.55. The van der Waals surface area contributed by atoms with Crippen LogP contribution < -0.4 is 19.7 Å². The highest BCUT2D eigenvalue weighted by Crippen LogP contribution is 2.38. The highest BCUT2D eigenvalue weighted by atomic mass is 16.7.